The van der Waals surface area contributed by atoms with Crippen LogP contribution in [0.2, 0.25) is 10.0 Å². The van der Waals surface area contributed by atoms with Gasteiger partial charge in [-0.15, -0.1) is 0 Å². The minimum Gasteiger partial charge on any atom is -0.322 e. The van der Waals surface area contributed by atoms with Crippen molar-refractivity contribution in [1.29, 1.82) is 0 Å². The average Bonchev–Trinajstić information content (AvgIpc) is 2.99. The van der Waals surface area contributed by atoms with Crippen LogP contribution < -0.4 is 10.9 Å². The van der Waals surface area contributed by atoms with E-state index in [1.807, 2.05) is 20.9 Å². The number of halogens is 2. The zero-order valence-electron chi connectivity index (χ0n) is 17.5. The number of amides is 1. The molecule has 7 nitrogen and oxygen atoms in total. The zero-order chi connectivity index (χ0) is 23.0. The fourth-order valence-corrected chi connectivity index (χ4v) is 4.42. The van der Waals surface area contributed by atoms with Gasteiger partial charge in [-0.05, 0) is 56.3 Å². The maximum atomic E-state index is 13.3. The van der Waals surface area contributed by atoms with Crippen molar-refractivity contribution in [1.82, 2.24) is 19.3 Å². The van der Waals surface area contributed by atoms with E-state index in [9.17, 15) is 9.59 Å². The predicted molar refractivity (Wildman–Crippen MR) is 129 cm³/mol. The van der Waals surface area contributed by atoms with Crippen LogP contribution in [-0.4, -0.2) is 31.0 Å². The Kier molecular flexibility index (Phi) is 6.28. The first-order chi connectivity index (χ1) is 15.2. The number of hydrogen-bond donors (Lipinski definition) is 1. The monoisotopic (exact) mass is 487 g/mol. The molecule has 2 aromatic heterocycles. The number of nitrogens with zero attached hydrogens (tertiary/aromatic N) is 4. The minimum absolute atomic E-state index is 0.0554. The van der Waals surface area contributed by atoms with Crippen molar-refractivity contribution in [3.05, 3.63) is 74.3 Å². The number of carbonyl (C=O) groups excluding carboxylic acids is 1. The summed E-state index contributed by atoms with van der Waals surface area (Å²) in [6.45, 7) is 3.72. The first kappa shape index (κ1) is 22.4. The van der Waals surface area contributed by atoms with Crippen LogP contribution >= 0.6 is 35.0 Å². The average molecular weight is 488 g/mol. The van der Waals surface area contributed by atoms with Gasteiger partial charge >= 0.3 is 0 Å². The predicted octanol–water partition coefficient (Wildman–Crippen LogP) is 4.77. The van der Waals surface area contributed by atoms with Gasteiger partial charge in [0.15, 0.2) is 5.16 Å². The van der Waals surface area contributed by atoms with Gasteiger partial charge < -0.3 is 5.32 Å². The summed E-state index contributed by atoms with van der Waals surface area (Å²) in [5.74, 6) is -0.169. The molecule has 164 valence electrons. The maximum absolute atomic E-state index is 13.3. The summed E-state index contributed by atoms with van der Waals surface area (Å²) in [7, 11) is 1.82. The second-order valence-corrected chi connectivity index (χ2v) is 8.99. The van der Waals surface area contributed by atoms with Crippen molar-refractivity contribution in [3.63, 3.8) is 0 Å². The molecule has 10 heteroatoms. The Morgan fingerprint density at radius 3 is 2.44 bits per heavy atom. The van der Waals surface area contributed by atoms with Gasteiger partial charge in [0.2, 0.25) is 5.91 Å². The first-order valence-electron chi connectivity index (χ1n) is 9.65. The number of anilines is 1. The third-order valence-corrected chi connectivity index (χ3v) is 6.42. The SMILES string of the molecule is Cc1nn(C)c(C)c1NC(=O)CSc1nc2cc(Cl)ccc2c(=O)n1-c1ccc(Cl)cc1. The van der Waals surface area contributed by atoms with Crippen molar-refractivity contribution in [2.45, 2.75) is 19.0 Å². The number of carbonyl (C=O) groups is 1. The van der Waals surface area contributed by atoms with Crippen LogP contribution in [0.3, 0.4) is 0 Å². The van der Waals surface area contributed by atoms with Gasteiger partial charge in [-0.3, -0.25) is 18.8 Å². The molecule has 1 amide bonds. The lowest BCUT2D eigenvalue weighted by molar-refractivity contribution is -0.113. The van der Waals surface area contributed by atoms with Gasteiger partial charge in [0.25, 0.3) is 5.56 Å². The molecule has 2 heterocycles. The van der Waals surface area contributed by atoms with Crippen molar-refractivity contribution in [3.8, 4) is 5.69 Å². The summed E-state index contributed by atoms with van der Waals surface area (Å²) in [5, 5.41) is 9.05. The summed E-state index contributed by atoms with van der Waals surface area (Å²) in [5.41, 5.74) is 3.10. The molecule has 0 unspecified atom stereocenters. The number of thioether (sulfide) groups is 1. The van der Waals surface area contributed by atoms with Gasteiger partial charge in [-0.1, -0.05) is 35.0 Å². The largest absolute Gasteiger partial charge is 0.322 e. The summed E-state index contributed by atoms with van der Waals surface area (Å²) < 4.78 is 3.19. The van der Waals surface area contributed by atoms with E-state index in [-0.39, 0.29) is 17.2 Å². The topological polar surface area (TPSA) is 81.8 Å². The van der Waals surface area contributed by atoms with Crippen molar-refractivity contribution in [2.24, 2.45) is 7.05 Å². The van der Waals surface area contributed by atoms with Crippen molar-refractivity contribution < 1.29 is 4.79 Å². The van der Waals surface area contributed by atoms with Crippen LogP contribution in [-0.2, 0) is 11.8 Å². The second-order valence-electron chi connectivity index (χ2n) is 7.18. The highest BCUT2D eigenvalue weighted by Crippen LogP contribution is 2.25. The Bertz CT molecular complexity index is 1400. The third kappa shape index (κ3) is 4.39. The summed E-state index contributed by atoms with van der Waals surface area (Å²) in [6, 6.07) is 11.8. The summed E-state index contributed by atoms with van der Waals surface area (Å²) >= 11 is 13.3. The highest BCUT2D eigenvalue weighted by Gasteiger charge is 2.17. The van der Waals surface area contributed by atoms with Crippen LogP contribution in [0.1, 0.15) is 11.4 Å². The number of nitrogens with one attached hydrogen (secondary N) is 1. The van der Waals surface area contributed by atoms with E-state index < -0.39 is 0 Å². The van der Waals surface area contributed by atoms with E-state index >= 15 is 0 Å². The van der Waals surface area contributed by atoms with Gasteiger partial charge in [-0.25, -0.2) is 4.98 Å². The molecule has 0 saturated heterocycles. The molecule has 0 bridgehead atoms. The van der Waals surface area contributed by atoms with E-state index in [0.717, 1.165) is 23.1 Å². The van der Waals surface area contributed by atoms with Crippen LogP contribution in [0.15, 0.2) is 52.4 Å². The molecule has 32 heavy (non-hydrogen) atoms. The number of aryl methyl sites for hydroxylation is 2. The van der Waals surface area contributed by atoms with E-state index in [1.165, 1.54) is 4.57 Å². The van der Waals surface area contributed by atoms with Gasteiger partial charge in [0, 0.05) is 17.1 Å². The fourth-order valence-electron chi connectivity index (χ4n) is 3.31. The number of rotatable bonds is 5. The molecule has 0 saturated carbocycles. The molecular formula is C22H19Cl2N5O2S. The van der Waals surface area contributed by atoms with E-state index in [4.69, 9.17) is 23.2 Å². The highest BCUT2D eigenvalue weighted by molar-refractivity contribution is 7.99. The van der Waals surface area contributed by atoms with Crippen LogP contribution in [0.5, 0.6) is 0 Å². The molecule has 0 spiro atoms. The quantitative estimate of drug-likeness (QED) is 0.323. The fraction of sp³-hybridized carbons (Fsp3) is 0.182. The lowest BCUT2D eigenvalue weighted by Gasteiger charge is -2.13. The van der Waals surface area contributed by atoms with Crippen LogP contribution in [0, 0.1) is 13.8 Å². The Morgan fingerprint density at radius 2 is 1.78 bits per heavy atom. The van der Waals surface area contributed by atoms with Gasteiger partial charge in [-0.2, -0.15) is 5.10 Å². The Morgan fingerprint density at radius 1 is 1.09 bits per heavy atom. The summed E-state index contributed by atoms with van der Waals surface area (Å²) in [6.07, 6.45) is 0. The number of hydrogen-bond acceptors (Lipinski definition) is 5. The van der Waals surface area contributed by atoms with E-state index in [1.54, 1.807) is 47.1 Å². The molecule has 4 aromatic rings. The minimum atomic E-state index is -0.254. The number of fused-ring (bicyclic) bond motifs is 1. The number of aromatic nitrogens is 4. The van der Waals surface area contributed by atoms with E-state index in [2.05, 4.69) is 15.4 Å². The third-order valence-electron chi connectivity index (χ3n) is 4.99. The highest BCUT2D eigenvalue weighted by atomic mass is 35.5. The Hall–Kier alpha value is -2.81. The molecule has 0 aliphatic carbocycles. The first-order valence-corrected chi connectivity index (χ1v) is 11.4. The molecule has 0 radical (unpaired) electrons. The summed E-state index contributed by atoms with van der Waals surface area (Å²) in [4.78, 5) is 30.6. The maximum Gasteiger partial charge on any atom is 0.266 e. The standard InChI is InChI=1S/C22H19Cl2N5O2S/c1-12-20(13(2)28(3)27-12)26-19(30)11-32-22-25-18-10-15(24)6-9-17(18)21(31)29(22)16-7-4-14(23)5-8-16/h4-10H,11H2,1-3H3,(H,26,30). The molecule has 4 rings (SSSR count). The van der Waals surface area contributed by atoms with Gasteiger partial charge in [0.1, 0.15) is 0 Å². The normalized spacial score (nSPS) is 11.2. The second kappa shape index (κ2) is 8.97. The lowest BCUT2D eigenvalue weighted by atomic mass is 10.2. The molecule has 2 aromatic carbocycles. The van der Waals surface area contributed by atoms with Crippen molar-refractivity contribution in [2.75, 3.05) is 11.1 Å². The molecule has 0 aliphatic heterocycles. The van der Waals surface area contributed by atoms with Crippen molar-refractivity contribution >= 4 is 57.5 Å². The molecular weight excluding hydrogens is 469 g/mol. The van der Waals surface area contributed by atoms with E-state index in [0.29, 0.717) is 37.5 Å². The Labute approximate surface area is 198 Å². The smallest absolute Gasteiger partial charge is 0.266 e. The van der Waals surface area contributed by atoms with Gasteiger partial charge in [0.05, 0.1) is 39.4 Å². The molecule has 1 N–H and O–H groups in total. The Balaban J connectivity index is 1.70. The molecule has 0 aliphatic rings. The van der Waals surface area contributed by atoms with Crippen LogP contribution in [0.25, 0.3) is 16.6 Å². The zero-order valence-corrected chi connectivity index (χ0v) is 19.8. The molecule has 0 fully saturated rings. The number of benzene rings is 2. The lowest BCUT2D eigenvalue weighted by Crippen LogP contribution is -2.23. The van der Waals surface area contributed by atoms with Crippen LogP contribution in [0.4, 0.5) is 5.69 Å². The molecule has 0 atom stereocenters.